The van der Waals surface area contributed by atoms with E-state index in [1.165, 1.54) is 11.3 Å². The Labute approximate surface area is 174 Å². The monoisotopic (exact) mass is 417 g/mol. The second kappa shape index (κ2) is 7.41. The molecule has 0 atom stereocenters. The molecule has 2 aliphatic heterocycles. The van der Waals surface area contributed by atoms with Crippen LogP contribution in [0.4, 0.5) is 5.69 Å². The molecule has 1 spiro atoms. The zero-order chi connectivity index (χ0) is 19.9. The maximum atomic E-state index is 13.3. The summed E-state index contributed by atoms with van der Waals surface area (Å²) in [5.41, 5.74) is 1.16. The molecule has 0 aliphatic carbocycles. The van der Waals surface area contributed by atoms with Gasteiger partial charge in [0.15, 0.2) is 0 Å². The van der Waals surface area contributed by atoms with Crippen molar-refractivity contribution < 1.29 is 9.59 Å². The minimum absolute atomic E-state index is 0.0182. The number of para-hydroxylation sites is 1. The largest absolute Gasteiger partial charge is 0.362 e. The van der Waals surface area contributed by atoms with E-state index in [-0.39, 0.29) is 11.8 Å². The zero-order valence-electron chi connectivity index (χ0n) is 16.1. The number of rotatable bonds is 3. The van der Waals surface area contributed by atoms with Crippen molar-refractivity contribution in [1.82, 2.24) is 9.80 Å². The summed E-state index contributed by atoms with van der Waals surface area (Å²) in [6.07, 6.45) is 1.40. The number of halogens is 1. The van der Waals surface area contributed by atoms with Gasteiger partial charge in [-0.2, -0.15) is 0 Å². The Balaban J connectivity index is 1.58. The molecule has 3 heterocycles. The summed E-state index contributed by atoms with van der Waals surface area (Å²) in [4.78, 5) is 30.6. The van der Waals surface area contributed by atoms with Gasteiger partial charge in [-0.25, -0.2) is 0 Å². The standard InChI is InChI=1S/C21H24ClN3O2S/c1-14(2)13-25-19(26)15-5-3-4-6-16(15)23-21(25)9-11-24(12-10-21)20(27)17-7-8-18(22)28-17/h3-8,14,23H,9-13H2,1-2H3. The molecule has 0 unspecified atom stereocenters. The quantitative estimate of drug-likeness (QED) is 0.796. The number of thiophene rings is 1. The van der Waals surface area contributed by atoms with Crippen LogP contribution in [-0.4, -0.2) is 46.9 Å². The van der Waals surface area contributed by atoms with Crippen LogP contribution in [0.5, 0.6) is 0 Å². The number of nitrogens with one attached hydrogen (secondary N) is 1. The molecule has 0 bridgehead atoms. The van der Waals surface area contributed by atoms with Crippen LogP contribution in [0.15, 0.2) is 36.4 Å². The van der Waals surface area contributed by atoms with Gasteiger partial charge < -0.3 is 15.1 Å². The first kappa shape index (κ1) is 19.3. The van der Waals surface area contributed by atoms with E-state index in [4.69, 9.17) is 11.6 Å². The number of hydrogen-bond acceptors (Lipinski definition) is 4. The number of carbonyl (C=O) groups is 2. The molecule has 2 amide bonds. The van der Waals surface area contributed by atoms with E-state index in [0.29, 0.717) is 47.6 Å². The number of hydrogen-bond donors (Lipinski definition) is 1. The highest BCUT2D eigenvalue weighted by atomic mass is 35.5. The summed E-state index contributed by atoms with van der Waals surface area (Å²) in [6, 6.07) is 11.2. The molecule has 0 saturated carbocycles. The fourth-order valence-corrected chi connectivity index (χ4v) is 5.13. The molecule has 1 saturated heterocycles. The third-order valence-electron chi connectivity index (χ3n) is 5.50. The van der Waals surface area contributed by atoms with E-state index >= 15 is 0 Å². The van der Waals surface area contributed by atoms with Crippen LogP contribution in [0.3, 0.4) is 0 Å². The molecular weight excluding hydrogens is 394 g/mol. The molecule has 1 aromatic carbocycles. The Kier molecular flexibility index (Phi) is 5.10. The average molecular weight is 418 g/mol. The van der Waals surface area contributed by atoms with Crippen molar-refractivity contribution in [3.8, 4) is 0 Å². The first-order valence-corrected chi connectivity index (χ1v) is 10.8. The summed E-state index contributed by atoms with van der Waals surface area (Å²) in [6.45, 7) is 6.15. The number of anilines is 1. The highest BCUT2D eigenvalue weighted by Gasteiger charge is 2.47. The molecule has 2 aromatic rings. The molecule has 4 rings (SSSR count). The number of nitrogens with zero attached hydrogens (tertiary/aromatic N) is 2. The highest BCUT2D eigenvalue weighted by Crippen LogP contribution is 2.38. The molecule has 1 aromatic heterocycles. The molecule has 148 valence electrons. The van der Waals surface area contributed by atoms with Gasteiger partial charge in [0.1, 0.15) is 5.66 Å². The predicted octanol–water partition coefficient (Wildman–Crippen LogP) is 4.56. The predicted molar refractivity (Wildman–Crippen MR) is 113 cm³/mol. The van der Waals surface area contributed by atoms with Crippen molar-refractivity contribution in [3.05, 3.63) is 51.2 Å². The Morgan fingerprint density at radius 3 is 2.57 bits per heavy atom. The van der Waals surface area contributed by atoms with Gasteiger partial charge in [-0.05, 0) is 30.2 Å². The van der Waals surface area contributed by atoms with Gasteiger partial charge in [-0.1, -0.05) is 37.6 Å². The van der Waals surface area contributed by atoms with Crippen molar-refractivity contribution in [2.24, 2.45) is 5.92 Å². The summed E-state index contributed by atoms with van der Waals surface area (Å²) < 4.78 is 0.621. The van der Waals surface area contributed by atoms with E-state index in [2.05, 4.69) is 19.2 Å². The lowest BCUT2D eigenvalue weighted by Crippen LogP contribution is -2.65. The first-order valence-electron chi connectivity index (χ1n) is 9.63. The highest BCUT2D eigenvalue weighted by molar-refractivity contribution is 7.17. The third kappa shape index (κ3) is 3.40. The van der Waals surface area contributed by atoms with Crippen LogP contribution in [0.25, 0.3) is 0 Å². The normalized spacial score (nSPS) is 18.4. The van der Waals surface area contributed by atoms with Gasteiger partial charge in [0.2, 0.25) is 0 Å². The Bertz CT molecular complexity index is 903. The second-order valence-electron chi connectivity index (χ2n) is 7.91. The van der Waals surface area contributed by atoms with Crippen molar-refractivity contribution >= 4 is 40.4 Å². The minimum atomic E-state index is -0.445. The molecule has 7 heteroatoms. The van der Waals surface area contributed by atoms with Gasteiger partial charge in [0.25, 0.3) is 11.8 Å². The SMILES string of the molecule is CC(C)CN1C(=O)c2ccccc2NC12CCN(C(=O)c1ccc(Cl)s1)CC2. The van der Waals surface area contributed by atoms with Crippen LogP contribution in [0.2, 0.25) is 4.34 Å². The first-order chi connectivity index (χ1) is 13.4. The number of amides is 2. The number of likely N-dealkylation sites (tertiary alicyclic amines) is 1. The van der Waals surface area contributed by atoms with Crippen LogP contribution in [-0.2, 0) is 0 Å². The molecule has 1 N–H and O–H groups in total. The molecular formula is C21H24ClN3O2S. The van der Waals surface area contributed by atoms with Gasteiger partial charge >= 0.3 is 0 Å². The maximum Gasteiger partial charge on any atom is 0.263 e. The molecule has 2 aliphatic rings. The lowest BCUT2D eigenvalue weighted by Gasteiger charge is -2.52. The van der Waals surface area contributed by atoms with Crippen LogP contribution in [0.1, 0.15) is 46.7 Å². The third-order valence-corrected chi connectivity index (χ3v) is 6.72. The maximum absolute atomic E-state index is 13.3. The van der Waals surface area contributed by atoms with E-state index in [0.717, 1.165) is 11.3 Å². The summed E-state index contributed by atoms with van der Waals surface area (Å²) in [5, 5.41) is 3.65. The van der Waals surface area contributed by atoms with Crippen molar-refractivity contribution in [2.45, 2.75) is 32.4 Å². The van der Waals surface area contributed by atoms with Gasteiger partial charge in [0, 0.05) is 38.2 Å². The summed E-state index contributed by atoms with van der Waals surface area (Å²) in [7, 11) is 0. The Morgan fingerprint density at radius 1 is 1.21 bits per heavy atom. The number of piperidine rings is 1. The van der Waals surface area contributed by atoms with Crippen LogP contribution in [0, 0.1) is 5.92 Å². The topological polar surface area (TPSA) is 52.7 Å². The van der Waals surface area contributed by atoms with Crippen molar-refractivity contribution in [2.75, 3.05) is 25.0 Å². The average Bonchev–Trinajstić information content (AvgIpc) is 3.11. The van der Waals surface area contributed by atoms with Crippen LogP contribution >= 0.6 is 22.9 Å². The molecule has 0 radical (unpaired) electrons. The second-order valence-corrected chi connectivity index (χ2v) is 9.62. The van der Waals surface area contributed by atoms with Gasteiger partial charge in [-0.15, -0.1) is 11.3 Å². The molecule has 5 nitrogen and oxygen atoms in total. The van der Waals surface area contributed by atoms with Crippen molar-refractivity contribution in [1.29, 1.82) is 0 Å². The molecule has 1 fully saturated rings. The van der Waals surface area contributed by atoms with E-state index in [9.17, 15) is 9.59 Å². The Morgan fingerprint density at radius 2 is 1.93 bits per heavy atom. The van der Waals surface area contributed by atoms with E-state index in [1.54, 1.807) is 12.1 Å². The minimum Gasteiger partial charge on any atom is -0.362 e. The van der Waals surface area contributed by atoms with Gasteiger partial charge in [-0.3, -0.25) is 9.59 Å². The fraction of sp³-hybridized carbons (Fsp3) is 0.429. The number of benzene rings is 1. The van der Waals surface area contributed by atoms with Crippen LogP contribution < -0.4 is 5.32 Å². The fourth-order valence-electron chi connectivity index (χ4n) is 4.12. The summed E-state index contributed by atoms with van der Waals surface area (Å²) in [5.74, 6) is 0.457. The Hall–Kier alpha value is -2.05. The van der Waals surface area contributed by atoms with Gasteiger partial charge in [0.05, 0.1) is 14.8 Å². The van der Waals surface area contributed by atoms with Crippen molar-refractivity contribution in [3.63, 3.8) is 0 Å². The summed E-state index contributed by atoms with van der Waals surface area (Å²) >= 11 is 7.30. The zero-order valence-corrected chi connectivity index (χ0v) is 17.6. The smallest absolute Gasteiger partial charge is 0.263 e. The number of fused-ring (bicyclic) bond motifs is 1. The van der Waals surface area contributed by atoms with E-state index < -0.39 is 5.66 Å². The molecule has 28 heavy (non-hydrogen) atoms. The lowest BCUT2D eigenvalue weighted by atomic mass is 9.89. The lowest BCUT2D eigenvalue weighted by molar-refractivity contribution is 0.0221. The number of carbonyl (C=O) groups excluding carboxylic acids is 2. The van der Waals surface area contributed by atoms with E-state index in [1.807, 2.05) is 34.1 Å².